The smallest absolute Gasteiger partial charge is 0.253 e. The Kier molecular flexibility index (Phi) is 4.79. The molecule has 2 N–H and O–H groups in total. The molecule has 0 atom stereocenters. The molecule has 0 unspecified atom stereocenters. The first-order valence-electron chi connectivity index (χ1n) is 8.07. The molecule has 0 fully saturated rings. The van der Waals surface area contributed by atoms with Gasteiger partial charge in [-0.1, -0.05) is 29.4 Å². The van der Waals surface area contributed by atoms with Crippen molar-refractivity contribution in [2.75, 3.05) is 5.32 Å². The van der Waals surface area contributed by atoms with E-state index in [1.165, 1.54) is 0 Å². The maximum Gasteiger partial charge on any atom is 0.253 e. The number of benzene rings is 2. The van der Waals surface area contributed by atoms with Gasteiger partial charge in [-0.05, 0) is 38.1 Å². The lowest BCUT2D eigenvalue weighted by Gasteiger charge is -2.12. The van der Waals surface area contributed by atoms with Crippen LogP contribution in [0.15, 0.2) is 53.1 Å². The third kappa shape index (κ3) is 3.85. The van der Waals surface area contributed by atoms with E-state index in [0.29, 0.717) is 22.5 Å². The fourth-order valence-electron chi connectivity index (χ4n) is 2.54. The number of para-hydroxylation sites is 2. The molecule has 25 heavy (non-hydrogen) atoms. The molecule has 3 aromatic rings. The number of amides is 2. The van der Waals surface area contributed by atoms with Gasteiger partial charge < -0.3 is 15.2 Å². The summed E-state index contributed by atoms with van der Waals surface area (Å²) in [6.45, 7) is 3.77. The summed E-state index contributed by atoms with van der Waals surface area (Å²) in [7, 11) is 0. The minimum atomic E-state index is -0.260. The highest BCUT2D eigenvalue weighted by molar-refractivity contribution is 6.04. The number of hydrogen-bond acceptors (Lipinski definition) is 4. The van der Waals surface area contributed by atoms with Gasteiger partial charge in [-0.2, -0.15) is 0 Å². The molecule has 3 rings (SSSR count). The molecular weight excluding hydrogens is 318 g/mol. The number of carbonyl (C=O) groups excluding carboxylic acids is 2. The normalized spacial score (nSPS) is 10.8. The summed E-state index contributed by atoms with van der Waals surface area (Å²) in [5, 5.41) is 10.4. The van der Waals surface area contributed by atoms with Crippen molar-refractivity contribution < 1.29 is 14.1 Å². The van der Waals surface area contributed by atoms with Crippen LogP contribution in [-0.4, -0.2) is 23.0 Å². The predicted molar refractivity (Wildman–Crippen MR) is 95.4 cm³/mol. The monoisotopic (exact) mass is 337 g/mol. The van der Waals surface area contributed by atoms with Crippen LogP contribution in [-0.2, 0) is 11.2 Å². The number of hydrogen-bond donors (Lipinski definition) is 2. The largest absolute Gasteiger partial charge is 0.356 e. The van der Waals surface area contributed by atoms with Crippen molar-refractivity contribution in [2.45, 2.75) is 26.3 Å². The number of carbonyl (C=O) groups is 2. The van der Waals surface area contributed by atoms with E-state index in [2.05, 4.69) is 15.8 Å². The Balaban J connectivity index is 1.76. The van der Waals surface area contributed by atoms with Crippen LogP contribution in [0.2, 0.25) is 0 Å². The van der Waals surface area contributed by atoms with E-state index in [1.807, 2.05) is 32.0 Å². The molecule has 0 bridgehead atoms. The van der Waals surface area contributed by atoms with Crippen LogP contribution < -0.4 is 10.6 Å². The van der Waals surface area contributed by atoms with Crippen molar-refractivity contribution in [2.24, 2.45) is 0 Å². The lowest BCUT2D eigenvalue weighted by atomic mass is 10.1. The molecular formula is C19H19N3O3. The average Bonchev–Trinajstić information content (AvgIpc) is 2.98. The first-order valence-corrected chi connectivity index (χ1v) is 8.07. The molecule has 0 aliphatic carbocycles. The second-order valence-electron chi connectivity index (χ2n) is 6.02. The second-order valence-corrected chi connectivity index (χ2v) is 6.02. The van der Waals surface area contributed by atoms with Gasteiger partial charge in [-0.15, -0.1) is 0 Å². The van der Waals surface area contributed by atoms with Crippen LogP contribution >= 0.6 is 0 Å². The summed E-state index contributed by atoms with van der Waals surface area (Å²) in [6.07, 6.45) is 0.0666. The zero-order valence-corrected chi connectivity index (χ0v) is 14.1. The first-order chi connectivity index (χ1) is 12.0. The number of aromatic nitrogens is 1. The van der Waals surface area contributed by atoms with E-state index >= 15 is 0 Å². The van der Waals surface area contributed by atoms with Crippen molar-refractivity contribution >= 4 is 28.5 Å². The molecule has 2 amide bonds. The summed E-state index contributed by atoms with van der Waals surface area (Å²) in [5.41, 5.74) is 2.10. The molecule has 0 aliphatic heterocycles. The summed E-state index contributed by atoms with van der Waals surface area (Å²) >= 11 is 0. The summed E-state index contributed by atoms with van der Waals surface area (Å²) in [6, 6.07) is 14.3. The van der Waals surface area contributed by atoms with Gasteiger partial charge in [0.15, 0.2) is 5.58 Å². The maximum absolute atomic E-state index is 12.4. The quantitative estimate of drug-likeness (QED) is 0.749. The summed E-state index contributed by atoms with van der Waals surface area (Å²) in [4.78, 5) is 24.7. The van der Waals surface area contributed by atoms with E-state index < -0.39 is 0 Å². The van der Waals surface area contributed by atoms with Gasteiger partial charge in [-0.3, -0.25) is 9.59 Å². The fraction of sp³-hybridized carbons (Fsp3) is 0.211. The van der Waals surface area contributed by atoms with Crippen molar-refractivity contribution in [1.29, 1.82) is 0 Å². The van der Waals surface area contributed by atoms with Crippen molar-refractivity contribution in [3.8, 4) is 0 Å². The highest BCUT2D eigenvalue weighted by Gasteiger charge is 2.16. The van der Waals surface area contributed by atoms with Crippen LogP contribution in [0.1, 0.15) is 29.9 Å². The minimum absolute atomic E-state index is 0.0118. The van der Waals surface area contributed by atoms with Crippen molar-refractivity contribution in [3.63, 3.8) is 0 Å². The third-order valence-corrected chi connectivity index (χ3v) is 3.65. The molecule has 6 nitrogen and oxygen atoms in total. The Morgan fingerprint density at radius 2 is 1.80 bits per heavy atom. The van der Waals surface area contributed by atoms with Gasteiger partial charge in [0, 0.05) is 11.4 Å². The summed E-state index contributed by atoms with van der Waals surface area (Å²) in [5.74, 6) is -0.485. The number of nitrogens with one attached hydrogen (secondary N) is 2. The van der Waals surface area contributed by atoms with Crippen LogP contribution in [0.3, 0.4) is 0 Å². The van der Waals surface area contributed by atoms with Crippen LogP contribution in [0, 0.1) is 0 Å². The molecule has 0 saturated carbocycles. The predicted octanol–water partition coefficient (Wildman–Crippen LogP) is 3.15. The molecule has 6 heteroatoms. The van der Waals surface area contributed by atoms with E-state index in [-0.39, 0.29) is 24.3 Å². The van der Waals surface area contributed by atoms with Crippen molar-refractivity contribution in [3.05, 3.63) is 59.8 Å². The molecule has 0 spiro atoms. The molecule has 0 saturated heterocycles. The van der Waals surface area contributed by atoms with E-state index in [9.17, 15) is 9.59 Å². The standard InChI is InChI=1S/C19H19N3O3/c1-12(2)20-19(24)14-8-3-5-9-15(14)21-18(23)11-16-13-7-4-6-10-17(13)25-22-16/h3-10,12H,11H2,1-2H3,(H,20,24)(H,21,23). The van der Waals surface area contributed by atoms with Gasteiger partial charge >= 0.3 is 0 Å². The summed E-state index contributed by atoms with van der Waals surface area (Å²) < 4.78 is 5.21. The number of fused-ring (bicyclic) bond motifs is 1. The molecule has 0 aliphatic rings. The fourth-order valence-corrected chi connectivity index (χ4v) is 2.54. The van der Waals surface area contributed by atoms with Gasteiger partial charge in [0.2, 0.25) is 5.91 Å². The number of anilines is 1. The highest BCUT2D eigenvalue weighted by Crippen LogP contribution is 2.20. The van der Waals surface area contributed by atoms with Crippen molar-refractivity contribution in [1.82, 2.24) is 10.5 Å². The molecule has 0 radical (unpaired) electrons. The maximum atomic E-state index is 12.4. The molecule has 1 heterocycles. The van der Waals surface area contributed by atoms with Crippen LogP contribution in [0.5, 0.6) is 0 Å². The SMILES string of the molecule is CC(C)NC(=O)c1ccccc1NC(=O)Cc1noc2ccccc12. The van der Waals surface area contributed by atoms with E-state index in [1.54, 1.807) is 30.3 Å². The van der Waals surface area contributed by atoms with Crippen LogP contribution in [0.25, 0.3) is 11.0 Å². The Morgan fingerprint density at radius 1 is 1.08 bits per heavy atom. The molecule has 1 aromatic heterocycles. The van der Waals surface area contributed by atoms with Gasteiger partial charge in [0.25, 0.3) is 5.91 Å². The molecule has 128 valence electrons. The lowest BCUT2D eigenvalue weighted by molar-refractivity contribution is -0.115. The highest BCUT2D eigenvalue weighted by atomic mass is 16.5. The lowest BCUT2D eigenvalue weighted by Crippen LogP contribution is -2.31. The molecule has 2 aromatic carbocycles. The Labute approximate surface area is 145 Å². The first kappa shape index (κ1) is 16.7. The topological polar surface area (TPSA) is 84.2 Å². The zero-order chi connectivity index (χ0) is 17.8. The second kappa shape index (κ2) is 7.17. The van der Waals surface area contributed by atoms with E-state index in [0.717, 1.165) is 5.39 Å². The average molecular weight is 337 g/mol. The Morgan fingerprint density at radius 3 is 2.60 bits per heavy atom. The van der Waals surface area contributed by atoms with Gasteiger partial charge in [0.05, 0.1) is 17.7 Å². The minimum Gasteiger partial charge on any atom is -0.356 e. The third-order valence-electron chi connectivity index (χ3n) is 3.65. The number of rotatable bonds is 5. The Bertz CT molecular complexity index is 915. The Hall–Kier alpha value is -3.15. The number of nitrogens with zero attached hydrogens (tertiary/aromatic N) is 1. The zero-order valence-electron chi connectivity index (χ0n) is 14.1. The van der Waals surface area contributed by atoms with Gasteiger partial charge in [0.1, 0.15) is 5.69 Å². The van der Waals surface area contributed by atoms with Crippen LogP contribution in [0.4, 0.5) is 5.69 Å². The van der Waals surface area contributed by atoms with Gasteiger partial charge in [-0.25, -0.2) is 0 Å². The van der Waals surface area contributed by atoms with E-state index in [4.69, 9.17) is 4.52 Å².